The molecule has 1 aromatic heterocycles. The van der Waals surface area contributed by atoms with E-state index in [1.165, 1.54) is 0 Å². The van der Waals surface area contributed by atoms with Gasteiger partial charge in [-0.25, -0.2) is 4.68 Å². The highest BCUT2D eigenvalue weighted by Crippen LogP contribution is 2.32. The number of benzene rings is 2. The number of piperazine rings is 1. The molecule has 0 spiro atoms. The zero-order valence-electron chi connectivity index (χ0n) is 18.5. The monoisotopic (exact) mass is 420 g/mol. The Morgan fingerprint density at radius 3 is 2.26 bits per heavy atom. The number of hydrogen-bond acceptors (Lipinski definition) is 5. The van der Waals surface area contributed by atoms with Crippen LogP contribution < -0.4 is 14.4 Å². The number of para-hydroxylation sites is 2. The molecule has 4 rings (SSSR count). The van der Waals surface area contributed by atoms with Crippen molar-refractivity contribution in [3.05, 3.63) is 65.5 Å². The Hall–Kier alpha value is -3.48. The SMILES string of the molecule is COc1cccc(C(=O)N2CCN(c3c(C)nn(-c4ccccc4)c3C)CC2)c1OC. The number of aromatic nitrogens is 2. The first kappa shape index (κ1) is 20.8. The number of aryl methyl sites for hydroxylation is 1. The van der Waals surface area contributed by atoms with Crippen molar-refractivity contribution >= 4 is 11.6 Å². The third-order valence-electron chi connectivity index (χ3n) is 5.77. The van der Waals surface area contributed by atoms with E-state index < -0.39 is 0 Å². The predicted octanol–water partition coefficient (Wildman–Crippen LogP) is 3.47. The molecule has 2 aromatic carbocycles. The van der Waals surface area contributed by atoms with Gasteiger partial charge < -0.3 is 19.3 Å². The number of hydrogen-bond donors (Lipinski definition) is 0. The van der Waals surface area contributed by atoms with Crippen molar-refractivity contribution in [2.24, 2.45) is 0 Å². The molecule has 0 atom stereocenters. The molecule has 31 heavy (non-hydrogen) atoms. The summed E-state index contributed by atoms with van der Waals surface area (Å²) in [6, 6.07) is 15.5. The number of amides is 1. The lowest BCUT2D eigenvalue weighted by molar-refractivity contribution is 0.0742. The first-order valence-corrected chi connectivity index (χ1v) is 10.4. The van der Waals surface area contributed by atoms with Crippen molar-refractivity contribution in [1.82, 2.24) is 14.7 Å². The molecule has 0 bridgehead atoms. The van der Waals surface area contributed by atoms with Crippen LogP contribution in [-0.2, 0) is 0 Å². The maximum atomic E-state index is 13.2. The number of anilines is 1. The zero-order valence-corrected chi connectivity index (χ0v) is 18.5. The van der Waals surface area contributed by atoms with E-state index in [2.05, 4.69) is 24.0 Å². The molecule has 2 heterocycles. The molecule has 3 aromatic rings. The van der Waals surface area contributed by atoms with Crippen molar-refractivity contribution in [3.8, 4) is 17.2 Å². The Morgan fingerprint density at radius 2 is 1.61 bits per heavy atom. The second kappa shape index (κ2) is 8.71. The third-order valence-corrected chi connectivity index (χ3v) is 5.77. The summed E-state index contributed by atoms with van der Waals surface area (Å²) >= 11 is 0. The highest BCUT2D eigenvalue weighted by atomic mass is 16.5. The van der Waals surface area contributed by atoms with E-state index in [4.69, 9.17) is 14.6 Å². The highest BCUT2D eigenvalue weighted by Gasteiger charge is 2.28. The van der Waals surface area contributed by atoms with Crippen molar-refractivity contribution in [2.75, 3.05) is 45.3 Å². The largest absolute Gasteiger partial charge is 0.493 e. The lowest BCUT2D eigenvalue weighted by Crippen LogP contribution is -2.49. The average molecular weight is 421 g/mol. The minimum Gasteiger partial charge on any atom is -0.493 e. The summed E-state index contributed by atoms with van der Waals surface area (Å²) in [5, 5.41) is 4.76. The molecule has 0 N–H and O–H groups in total. The fourth-order valence-electron chi connectivity index (χ4n) is 4.27. The summed E-state index contributed by atoms with van der Waals surface area (Å²) in [5.41, 5.74) is 4.83. The van der Waals surface area contributed by atoms with E-state index in [1.54, 1.807) is 26.4 Å². The number of carbonyl (C=O) groups excluding carboxylic acids is 1. The van der Waals surface area contributed by atoms with Gasteiger partial charge in [0.25, 0.3) is 5.91 Å². The number of ether oxygens (including phenoxy) is 2. The standard InChI is InChI=1S/C24H28N4O3/c1-17-22(18(2)28(25-17)19-9-6-5-7-10-19)26-13-15-27(16-14-26)24(29)20-11-8-12-21(30-3)23(20)31-4/h5-12H,13-16H2,1-4H3. The minimum absolute atomic E-state index is 0.0381. The Balaban J connectivity index is 1.51. The molecule has 0 unspecified atom stereocenters. The zero-order chi connectivity index (χ0) is 22.0. The van der Waals surface area contributed by atoms with Crippen LogP contribution in [0.1, 0.15) is 21.7 Å². The van der Waals surface area contributed by atoms with E-state index in [0.717, 1.165) is 35.9 Å². The molecule has 1 aliphatic rings. The van der Waals surface area contributed by atoms with Gasteiger partial charge in [-0.2, -0.15) is 5.10 Å². The van der Waals surface area contributed by atoms with E-state index in [9.17, 15) is 4.79 Å². The predicted molar refractivity (Wildman–Crippen MR) is 121 cm³/mol. The van der Waals surface area contributed by atoms with Crippen molar-refractivity contribution in [1.29, 1.82) is 0 Å². The molecule has 162 valence electrons. The van der Waals surface area contributed by atoms with Gasteiger partial charge >= 0.3 is 0 Å². The number of nitrogens with zero attached hydrogens (tertiary/aromatic N) is 4. The third kappa shape index (κ3) is 3.83. The quantitative estimate of drug-likeness (QED) is 0.633. The molecule has 0 radical (unpaired) electrons. The molecule has 0 aliphatic carbocycles. The first-order chi connectivity index (χ1) is 15.0. The molecular weight excluding hydrogens is 392 g/mol. The Bertz CT molecular complexity index is 1070. The van der Waals surface area contributed by atoms with E-state index >= 15 is 0 Å². The Labute approximate surface area is 182 Å². The molecule has 7 nitrogen and oxygen atoms in total. The van der Waals surface area contributed by atoms with Crippen LogP contribution in [0.5, 0.6) is 11.5 Å². The normalized spacial score (nSPS) is 13.9. The fourth-order valence-corrected chi connectivity index (χ4v) is 4.27. The minimum atomic E-state index is -0.0381. The summed E-state index contributed by atoms with van der Waals surface area (Å²) in [4.78, 5) is 17.4. The smallest absolute Gasteiger partial charge is 0.257 e. The van der Waals surface area contributed by atoms with Crippen LogP contribution in [0, 0.1) is 13.8 Å². The number of carbonyl (C=O) groups is 1. The molecule has 1 fully saturated rings. The van der Waals surface area contributed by atoms with Crippen LogP contribution >= 0.6 is 0 Å². The van der Waals surface area contributed by atoms with Gasteiger partial charge in [0.15, 0.2) is 11.5 Å². The maximum absolute atomic E-state index is 13.2. The van der Waals surface area contributed by atoms with Crippen LogP contribution in [0.3, 0.4) is 0 Å². The van der Waals surface area contributed by atoms with Gasteiger partial charge in [-0.1, -0.05) is 24.3 Å². The second-order valence-corrected chi connectivity index (χ2v) is 7.59. The lowest BCUT2D eigenvalue weighted by Gasteiger charge is -2.36. The van der Waals surface area contributed by atoms with Crippen LogP contribution in [0.25, 0.3) is 5.69 Å². The molecule has 1 aliphatic heterocycles. The van der Waals surface area contributed by atoms with Crippen LogP contribution in [0.2, 0.25) is 0 Å². The summed E-state index contributed by atoms with van der Waals surface area (Å²) in [5.74, 6) is 1.00. The molecule has 0 saturated carbocycles. The fraction of sp³-hybridized carbons (Fsp3) is 0.333. The lowest BCUT2D eigenvalue weighted by atomic mass is 10.1. The van der Waals surface area contributed by atoms with Gasteiger partial charge in [0, 0.05) is 26.2 Å². The highest BCUT2D eigenvalue weighted by molar-refractivity contribution is 5.98. The van der Waals surface area contributed by atoms with E-state index in [1.807, 2.05) is 40.8 Å². The Morgan fingerprint density at radius 1 is 0.903 bits per heavy atom. The topological polar surface area (TPSA) is 59.8 Å². The van der Waals surface area contributed by atoms with Crippen molar-refractivity contribution in [2.45, 2.75) is 13.8 Å². The van der Waals surface area contributed by atoms with E-state index in [-0.39, 0.29) is 5.91 Å². The summed E-state index contributed by atoms with van der Waals surface area (Å²) in [6.07, 6.45) is 0. The summed E-state index contributed by atoms with van der Waals surface area (Å²) in [7, 11) is 3.13. The number of rotatable bonds is 5. The summed E-state index contributed by atoms with van der Waals surface area (Å²) in [6.45, 7) is 6.91. The van der Waals surface area contributed by atoms with Gasteiger partial charge in [-0.05, 0) is 38.1 Å². The van der Waals surface area contributed by atoms with Crippen molar-refractivity contribution in [3.63, 3.8) is 0 Å². The maximum Gasteiger partial charge on any atom is 0.257 e. The van der Waals surface area contributed by atoms with Gasteiger partial charge in [-0.15, -0.1) is 0 Å². The van der Waals surface area contributed by atoms with Crippen LogP contribution in [0.4, 0.5) is 5.69 Å². The second-order valence-electron chi connectivity index (χ2n) is 7.59. The van der Waals surface area contributed by atoms with Gasteiger partial charge in [0.05, 0.1) is 42.5 Å². The molecule has 1 saturated heterocycles. The Kier molecular flexibility index (Phi) is 5.84. The van der Waals surface area contributed by atoms with E-state index in [0.29, 0.717) is 30.2 Å². The molecule has 1 amide bonds. The van der Waals surface area contributed by atoms with Gasteiger partial charge in [0.1, 0.15) is 0 Å². The first-order valence-electron chi connectivity index (χ1n) is 10.4. The molecular formula is C24H28N4O3. The van der Waals surface area contributed by atoms with Gasteiger partial charge in [0.2, 0.25) is 0 Å². The van der Waals surface area contributed by atoms with Gasteiger partial charge in [-0.3, -0.25) is 4.79 Å². The van der Waals surface area contributed by atoms with Crippen molar-refractivity contribution < 1.29 is 14.3 Å². The van der Waals surface area contributed by atoms with Crippen LogP contribution in [0.15, 0.2) is 48.5 Å². The van der Waals surface area contributed by atoms with Crippen LogP contribution in [-0.4, -0.2) is 61.0 Å². The summed E-state index contributed by atoms with van der Waals surface area (Å²) < 4.78 is 12.8. The number of methoxy groups -OCH3 is 2. The average Bonchev–Trinajstić information content (AvgIpc) is 3.12. The molecule has 7 heteroatoms.